The fourth-order valence-electron chi connectivity index (χ4n) is 1.69. The predicted octanol–water partition coefficient (Wildman–Crippen LogP) is 3.39. The van der Waals surface area contributed by atoms with Crippen LogP contribution in [0.3, 0.4) is 0 Å². The Balaban J connectivity index is 2.33. The van der Waals surface area contributed by atoms with E-state index in [9.17, 15) is 4.39 Å². The fraction of sp³-hybridized carbons (Fsp3) is 0.571. The molecule has 2 unspecified atom stereocenters. The summed E-state index contributed by atoms with van der Waals surface area (Å²) in [5.41, 5.74) is 0.798. The van der Waals surface area contributed by atoms with E-state index in [4.69, 9.17) is 0 Å². The maximum Gasteiger partial charge on any atom is 0.126 e. The highest BCUT2D eigenvalue weighted by Crippen LogP contribution is 2.08. The summed E-state index contributed by atoms with van der Waals surface area (Å²) >= 11 is 0. The zero-order valence-corrected chi connectivity index (χ0v) is 10.5. The lowest BCUT2D eigenvalue weighted by atomic mass is 10.0. The maximum atomic E-state index is 13.3. The normalized spacial score (nSPS) is 14.8. The summed E-state index contributed by atoms with van der Waals surface area (Å²) in [6.07, 6.45) is 1.93. The van der Waals surface area contributed by atoms with Gasteiger partial charge in [-0.2, -0.15) is 0 Å². The van der Waals surface area contributed by atoms with E-state index in [2.05, 4.69) is 26.1 Å². The lowest BCUT2D eigenvalue weighted by Crippen LogP contribution is -2.33. The summed E-state index contributed by atoms with van der Waals surface area (Å²) in [7, 11) is 0. The van der Waals surface area contributed by atoms with Crippen molar-refractivity contribution >= 4 is 0 Å². The topological polar surface area (TPSA) is 12.0 Å². The number of nitrogens with one attached hydrogen (secondary N) is 1. The second-order valence-electron chi connectivity index (χ2n) is 4.47. The molecule has 0 aliphatic rings. The Labute approximate surface area is 98.1 Å². The van der Waals surface area contributed by atoms with E-state index in [0.29, 0.717) is 12.0 Å². The van der Waals surface area contributed by atoms with Gasteiger partial charge in [0.2, 0.25) is 0 Å². The third-order valence-electron chi connectivity index (χ3n) is 3.32. The second-order valence-corrected chi connectivity index (χ2v) is 4.47. The summed E-state index contributed by atoms with van der Waals surface area (Å²) in [6, 6.07) is 7.49. The van der Waals surface area contributed by atoms with Crippen molar-refractivity contribution in [1.82, 2.24) is 5.32 Å². The Morgan fingerprint density at radius 2 is 1.94 bits per heavy atom. The van der Waals surface area contributed by atoms with Crippen LogP contribution in [0.1, 0.15) is 32.8 Å². The number of halogens is 1. The highest BCUT2D eigenvalue weighted by molar-refractivity contribution is 5.17. The van der Waals surface area contributed by atoms with Crippen LogP contribution in [0.25, 0.3) is 0 Å². The molecule has 0 aromatic heterocycles. The Hall–Kier alpha value is -0.890. The first kappa shape index (κ1) is 13.2. The zero-order chi connectivity index (χ0) is 12.0. The van der Waals surface area contributed by atoms with E-state index in [1.54, 1.807) is 6.07 Å². The van der Waals surface area contributed by atoms with Crippen LogP contribution in [0.2, 0.25) is 0 Å². The van der Waals surface area contributed by atoms with Crippen molar-refractivity contribution in [3.8, 4) is 0 Å². The molecule has 0 saturated carbocycles. The van der Waals surface area contributed by atoms with Crippen molar-refractivity contribution in [2.45, 2.75) is 39.7 Å². The van der Waals surface area contributed by atoms with Gasteiger partial charge < -0.3 is 5.32 Å². The van der Waals surface area contributed by atoms with E-state index in [-0.39, 0.29) is 5.82 Å². The van der Waals surface area contributed by atoms with Crippen molar-refractivity contribution in [2.75, 3.05) is 6.54 Å². The summed E-state index contributed by atoms with van der Waals surface area (Å²) < 4.78 is 13.3. The van der Waals surface area contributed by atoms with Gasteiger partial charge in [0, 0.05) is 6.04 Å². The number of benzene rings is 1. The minimum absolute atomic E-state index is 0.0968. The zero-order valence-electron chi connectivity index (χ0n) is 10.5. The van der Waals surface area contributed by atoms with E-state index < -0.39 is 0 Å². The number of rotatable bonds is 6. The van der Waals surface area contributed by atoms with Gasteiger partial charge in [-0.05, 0) is 37.4 Å². The van der Waals surface area contributed by atoms with E-state index in [0.717, 1.165) is 18.5 Å². The highest BCUT2D eigenvalue weighted by Gasteiger charge is 2.09. The van der Waals surface area contributed by atoms with Crippen molar-refractivity contribution < 1.29 is 4.39 Å². The van der Waals surface area contributed by atoms with E-state index >= 15 is 0 Å². The summed E-state index contributed by atoms with van der Waals surface area (Å²) in [5, 5.41) is 3.44. The van der Waals surface area contributed by atoms with Crippen LogP contribution < -0.4 is 5.32 Å². The molecule has 16 heavy (non-hydrogen) atoms. The SMILES string of the molecule is CCC(C)C(C)NCCc1ccccc1F. The molecule has 0 saturated heterocycles. The van der Waals surface area contributed by atoms with Crippen molar-refractivity contribution in [3.05, 3.63) is 35.6 Å². The summed E-state index contributed by atoms with van der Waals surface area (Å²) in [5.74, 6) is 0.570. The quantitative estimate of drug-likeness (QED) is 0.779. The molecule has 1 aromatic rings. The standard InChI is InChI=1S/C14H22FN/c1-4-11(2)12(3)16-10-9-13-7-5-6-8-14(13)15/h5-8,11-12,16H,4,9-10H2,1-3H3. The molecule has 1 N–H and O–H groups in total. The van der Waals surface area contributed by atoms with Gasteiger partial charge in [0.25, 0.3) is 0 Å². The molecule has 0 spiro atoms. The Morgan fingerprint density at radius 1 is 1.25 bits per heavy atom. The molecule has 90 valence electrons. The molecule has 0 aliphatic heterocycles. The molecule has 0 heterocycles. The fourth-order valence-corrected chi connectivity index (χ4v) is 1.69. The molecule has 0 amide bonds. The van der Waals surface area contributed by atoms with E-state index in [1.165, 1.54) is 12.5 Å². The van der Waals surface area contributed by atoms with Gasteiger partial charge >= 0.3 is 0 Å². The first-order chi connectivity index (χ1) is 7.65. The molecule has 1 rings (SSSR count). The second kappa shape index (κ2) is 6.64. The Bertz CT molecular complexity index is 311. The first-order valence-electron chi connectivity index (χ1n) is 6.12. The maximum absolute atomic E-state index is 13.3. The van der Waals surface area contributed by atoms with Gasteiger partial charge in [-0.25, -0.2) is 4.39 Å². The highest BCUT2D eigenvalue weighted by atomic mass is 19.1. The van der Waals surface area contributed by atoms with Crippen LogP contribution in [0, 0.1) is 11.7 Å². The van der Waals surface area contributed by atoms with Gasteiger partial charge in [0.15, 0.2) is 0 Å². The molecule has 0 aliphatic carbocycles. The minimum atomic E-state index is -0.0968. The Kier molecular flexibility index (Phi) is 5.47. The molecular weight excluding hydrogens is 201 g/mol. The van der Waals surface area contributed by atoms with Crippen LogP contribution in [0.4, 0.5) is 4.39 Å². The monoisotopic (exact) mass is 223 g/mol. The minimum Gasteiger partial charge on any atom is -0.314 e. The molecule has 0 bridgehead atoms. The van der Waals surface area contributed by atoms with Crippen LogP contribution in [-0.2, 0) is 6.42 Å². The number of hydrogen-bond acceptors (Lipinski definition) is 1. The lowest BCUT2D eigenvalue weighted by Gasteiger charge is -2.19. The summed E-state index contributed by atoms with van der Waals surface area (Å²) in [6.45, 7) is 7.46. The average Bonchev–Trinajstić information content (AvgIpc) is 2.30. The molecule has 2 atom stereocenters. The predicted molar refractivity (Wildman–Crippen MR) is 67.0 cm³/mol. The van der Waals surface area contributed by atoms with Crippen LogP contribution in [0.15, 0.2) is 24.3 Å². The smallest absolute Gasteiger partial charge is 0.126 e. The van der Waals surface area contributed by atoms with Gasteiger partial charge in [-0.15, -0.1) is 0 Å². The van der Waals surface area contributed by atoms with Gasteiger partial charge in [0.1, 0.15) is 5.82 Å². The largest absolute Gasteiger partial charge is 0.314 e. The summed E-state index contributed by atoms with van der Waals surface area (Å²) in [4.78, 5) is 0. The number of hydrogen-bond donors (Lipinski definition) is 1. The molecule has 0 fully saturated rings. The van der Waals surface area contributed by atoms with E-state index in [1.807, 2.05) is 12.1 Å². The Morgan fingerprint density at radius 3 is 2.56 bits per heavy atom. The van der Waals surface area contributed by atoms with Crippen molar-refractivity contribution in [1.29, 1.82) is 0 Å². The van der Waals surface area contributed by atoms with Gasteiger partial charge in [-0.1, -0.05) is 38.5 Å². The average molecular weight is 223 g/mol. The first-order valence-corrected chi connectivity index (χ1v) is 6.12. The van der Waals surface area contributed by atoms with Gasteiger partial charge in [-0.3, -0.25) is 0 Å². The van der Waals surface area contributed by atoms with Crippen molar-refractivity contribution in [2.24, 2.45) is 5.92 Å². The third kappa shape index (κ3) is 3.93. The molecule has 1 nitrogen and oxygen atoms in total. The molecule has 1 aromatic carbocycles. The molecule has 0 radical (unpaired) electrons. The molecule has 2 heteroatoms. The third-order valence-corrected chi connectivity index (χ3v) is 3.32. The van der Waals surface area contributed by atoms with Crippen LogP contribution in [-0.4, -0.2) is 12.6 Å². The van der Waals surface area contributed by atoms with Crippen LogP contribution >= 0.6 is 0 Å². The van der Waals surface area contributed by atoms with Gasteiger partial charge in [0.05, 0.1) is 0 Å². The lowest BCUT2D eigenvalue weighted by molar-refractivity contribution is 0.392. The molecular formula is C14H22FN. The van der Waals surface area contributed by atoms with Crippen LogP contribution in [0.5, 0.6) is 0 Å². The van der Waals surface area contributed by atoms with Crippen molar-refractivity contribution in [3.63, 3.8) is 0 Å².